The monoisotopic (exact) mass is 404 g/mol. The fraction of sp³-hybridized carbons (Fsp3) is 0.818. The molecule has 3 aliphatic carbocycles. The van der Waals surface area contributed by atoms with Crippen molar-refractivity contribution in [1.29, 1.82) is 0 Å². The number of carbonyl (C=O) groups is 1. The molecule has 2 saturated heterocycles. The van der Waals surface area contributed by atoms with E-state index in [4.69, 9.17) is 9.47 Å². The van der Waals surface area contributed by atoms with Crippen molar-refractivity contribution in [3.8, 4) is 0 Å². The second-order valence-corrected chi connectivity index (χ2v) is 10.5. The number of rotatable bonds is 5. The Kier molecular flexibility index (Phi) is 5.22. The summed E-state index contributed by atoms with van der Waals surface area (Å²) in [5, 5.41) is 0. The van der Waals surface area contributed by atoms with Crippen LogP contribution in [0.25, 0.3) is 0 Å². The smallest absolute Gasteiger partial charge is 0.280 e. The molecule has 5 aliphatic rings. The molecule has 0 aromatic carbocycles. The highest BCUT2D eigenvalue weighted by atomic mass is 32.1. The van der Waals surface area contributed by atoms with Gasteiger partial charge in [-0.25, -0.2) is 0 Å². The van der Waals surface area contributed by atoms with Crippen molar-refractivity contribution in [3.05, 3.63) is 15.9 Å². The van der Waals surface area contributed by atoms with Crippen molar-refractivity contribution >= 4 is 17.2 Å². The minimum atomic E-state index is -0.636. The van der Waals surface area contributed by atoms with Gasteiger partial charge in [0, 0.05) is 24.7 Å². The summed E-state index contributed by atoms with van der Waals surface area (Å²) in [5.74, 6) is 1.91. The van der Waals surface area contributed by atoms with Crippen LogP contribution < -0.4 is 4.80 Å². The van der Waals surface area contributed by atoms with E-state index in [0.717, 1.165) is 37.0 Å². The molecule has 2 unspecified atom stereocenters. The van der Waals surface area contributed by atoms with Crippen LogP contribution in [0.15, 0.2) is 11.2 Å². The third-order valence-corrected chi connectivity index (χ3v) is 8.54. The number of amides is 1. The number of nitrogens with zero attached hydrogens (tertiary/aromatic N) is 2. The van der Waals surface area contributed by atoms with Gasteiger partial charge >= 0.3 is 0 Å². The number of carbonyl (C=O) groups excluding carboxylic acids is 1. The molecule has 0 spiro atoms. The Morgan fingerprint density at radius 1 is 1.25 bits per heavy atom. The van der Waals surface area contributed by atoms with Gasteiger partial charge in [0.1, 0.15) is 5.60 Å². The molecule has 3 heterocycles. The number of ether oxygens (including phenoxy) is 2. The molecule has 6 heteroatoms. The third-order valence-electron chi connectivity index (χ3n) is 7.36. The SMILES string of the molecule is COCCn1cc(C2CCCCC2)sc1=NC(=O)C12CC3CC(CC(C3)O1)C2. The molecule has 1 amide bonds. The standard InChI is InChI=1S/C22H32N2O3S/c1-26-8-7-24-14-19(17-5-3-2-4-6-17)28-21(24)23-20(25)22-12-15-9-16(13-22)11-18(10-15)27-22/h14-18H,2-13H2,1H3. The highest BCUT2D eigenvalue weighted by Gasteiger charge is 2.56. The van der Waals surface area contributed by atoms with E-state index in [-0.39, 0.29) is 12.0 Å². The molecule has 154 valence electrons. The van der Waals surface area contributed by atoms with Crippen molar-refractivity contribution < 1.29 is 14.3 Å². The van der Waals surface area contributed by atoms with Gasteiger partial charge < -0.3 is 14.0 Å². The van der Waals surface area contributed by atoms with E-state index < -0.39 is 5.60 Å². The van der Waals surface area contributed by atoms with Gasteiger partial charge in [-0.15, -0.1) is 11.3 Å². The average molecular weight is 405 g/mol. The van der Waals surface area contributed by atoms with Gasteiger partial charge in [0.25, 0.3) is 5.91 Å². The van der Waals surface area contributed by atoms with Gasteiger partial charge in [0.15, 0.2) is 4.80 Å². The minimum Gasteiger partial charge on any atom is -0.383 e. The lowest BCUT2D eigenvalue weighted by molar-refractivity contribution is -0.216. The zero-order chi connectivity index (χ0) is 19.1. The number of methoxy groups -OCH3 is 1. The Morgan fingerprint density at radius 3 is 2.68 bits per heavy atom. The zero-order valence-electron chi connectivity index (χ0n) is 16.9. The predicted molar refractivity (Wildman–Crippen MR) is 108 cm³/mol. The number of hydrogen-bond donors (Lipinski definition) is 0. The molecule has 0 N–H and O–H groups in total. The van der Waals surface area contributed by atoms with Gasteiger partial charge in [-0.05, 0) is 62.7 Å². The van der Waals surface area contributed by atoms with Crippen molar-refractivity contribution in [2.75, 3.05) is 13.7 Å². The van der Waals surface area contributed by atoms with Crippen molar-refractivity contribution in [2.24, 2.45) is 16.8 Å². The van der Waals surface area contributed by atoms with Crippen molar-refractivity contribution in [1.82, 2.24) is 4.57 Å². The van der Waals surface area contributed by atoms with Crippen LogP contribution in [0.2, 0.25) is 0 Å². The molecule has 4 bridgehead atoms. The molecule has 0 radical (unpaired) electrons. The van der Waals surface area contributed by atoms with Crippen LogP contribution in [-0.2, 0) is 20.8 Å². The molecule has 2 aliphatic heterocycles. The van der Waals surface area contributed by atoms with Gasteiger partial charge in [0.05, 0.1) is 12.7 Å². The Bertz CT molecular complexity index is 755. The molecule has 5 fully saturated rings. The summed E-state index contributed by atoms with van der Waals surface area (Å²) in [5.41, 5.74) is -0.636. The Morgan fingerprint density at radius 2 is 2.00 bits per heavy atom. The van der Waals surface area contributed by atoms with Crippen LogP contribution >= 0.6 is 11.3 Å². The van der Waals surface area contributed by atoms with Crippen molar-refractivity contribution in [2.45, 2.75) is 88.4 Å². The summed E-state index contributed by atoms with van der Waals surface area (Å²) < 4.78 is 13.7. The fourth-order valence-corrected chi connectivity index (χ4v) is 7.37. The van der Waals surface area contributed by atoms with Crippen LogP contribution in [0.3, 0.4) is 0 Å². The maximum Gasteiger partial charge on any atom is 0.280 e. The summed E-state index contributed by atoms with van der Waals surface area (Å²) in [7, 11) is 1.72. The van der Waals surface area contributed by atoms with Crippen LogP contribution in [0, 0.1) is 11.8 Å². The van der Waals surface area contributed by atoms with E-state index in [1.165, 1.54) is 43.4 Å². The zero-order valence-corrected chi connectivity index (χ0v) is 17.7. The van der Waals surface area contributed by atoms with Crippen LogP contribution in [0.1, 0.15) is 75.0 Å². The lowest BCUT2D eigenvalue weighted by Crippen LogP contribution is -2.58. The van der Waals surface area contributed by atoms with E-state index >= 15 is 0 Å². The quantitative estimate of drug-likeness (QED) is 0.745. The number of thiazole rings is 1. The lowest BCUT2D eigenvalue weighted by Gasteiger charge is -2.54. The molecule has 6 rings (SSSR count). The first-order valence-corrected chi connectivity index (χ1v) is 11.9. The second kappa shape index (κ2) is 7.69. The fourth-order valence-electron chi connectivity index (χ4n) is 6.19. The Balaban J connectivity index is 1.44. The van der Waals surface area contributed by atoms with E-state index in [0.29, 0.717) is 24.4 Å². The van der Waals surface area contributed by atoms with Gasteiger partial charge in [-0.1, -0.05) is 19.3 Å². The van der Waals surface area contributed by atoms with Crippen molar-refractivity contribution in [3.63, 3.8) is 0 Å². The molecule has 5 nitrogen and oxygen atoms in total. The minimum absolute atomic E-state index is 0.0326. The summed E-state index contributed by atoms with van der Waals surface area (Å²) in [6, 6.07) is 0. The van der Waals surface area contributed by atoms with Gasteiger partial charge in [-0.2, -0.15) is 4.99 Å². The first-order valence-electron chi connectivity index (χ1n) is 11.1. The predicted octanol–water partition coefficient (Wildman–Crippen LogP) is 4.02. The molecule has 28 heavy (non-hydrogen) atoms. The second-order valence-electron chi connectivity index (χ2n) is 9.44. The highest BCUT2D eigenvalue weighted by Crippen LogP contribution is 2.53. The van der Waals surface area contributed by atoms with Crippen LogP contribution in [0.5, 0.6) is 0 Å². The first-order chi connectivity index (χ1) is 13.6. The van der Waals surface area contributed by atoms with E-state index in [9.17, 15) is 4.79 Å². The maximum atomic E-state index is 13.3. The lowest BCUT2D eigenvalue weighted by atomic mass is 9.62. The van der Waals surface area contributed by atoms with Crippen LogP contribution in [-0.4, -0.2) is 35.9 Å². The van der Waals surface area contributed by atoms with Gasteiger partial charge in [0.2, 0.25) is 0 Å². The molecule has 2 atom stereocenters. The Labute approximate surface area is 171 Å². The van der Waals surface area contributed by atoms with E-state index in [2.05, 4.69) is 15.8 Å². The molecule has 3 saturated carbocycles. The summed E-state index contributed by atoms with van der Waals surface area (Å²) in [6.45, 7) is 1.38. The molecular weight excluding hydrogens is 372 g/mol. The largest absolute Gasteiger partial charge is 0.383 e. The molecule has 1 aromatic rings. The number of hydrogen-bond acceptors (Lipinski definition) is 4. The first kappa shape index (κ1) is 19.0. The number of aromatic nitrogens is 1. The summed E-state index contributed by atoms with van der Waals surface area (Å²) in [4.78, 5) is 20.2. The summed E-state index contributed by atoms with van der Waals surface area (Å²) >= 11 is 1.71. The average Bonchev–Trinajstić information content (AvgIpc) is 3.08. The topological polar surface area (TPSA) is 52.8 Å². The third kappa shape index (κ3) is 3.52. The normalized spacial score (nSPS) is 35.6. The highest BCUT2D eigenvalue weighted by molar-refractivity contribution is 7.09. The maximum absolute atomic E-state index is 13.3. The van der Waals surface area contributed by atoms with E-state index in [1.807, 2.05) is 0 Å². The Hall–Kier alpha value is -0.980. The summed E-state index contributed by atoms with van der Waals surface area (Å²) in [6.07, 6.45) is 14.3. The van der Waals surface area contributed by atoms with Crippen LogP contribution in [0.4, 0.5) is 0 Å². The molecule has 1 aromatic heterocycles. The van der Waals surface area contributed by atoms with Gasteiger partial charge in [-0.3, -0.25) is 4.79 Å². The van der Waals surface area contributed by atoms with E-state index in [1.54, 1.807) is 18.4 Å². The molecular formula is C22H32N2O3S.